The van der Waals surface area contributed by atoms with Crippen molar-refractivity contribution < 1.29 is 17.9 Å². The molecule has 0 aliphatic carbocycles. The lowest BCUT2D eigenvalue weighted by molar-refractivity contribution is 0.0762. The summed E-state index contributed by atoms with van der Waals surface area (Å²) in [5, 5.41) is 0. The van der Waals surface area contributed by atoms with E-state index in [0.717, 1.165) is 11.3 Å². The number of carbonyl (C=O) groups excluding carboxylic acids is 1. The highest BCUT2D eigenvalue weighted by Crippen LogP contribution is 2.22. The quantitative estimate of drug-likeness (QED) is 0.455. The van der Waals surface area contributed by atoms with Crippen LogP contribution in [0.25, 0.3) is 0 Å². The lowest BCUT2D eigenvalue weighted by atomic mass is 10.1. The maximum atomic E-state index is 13.1. The number of sulfonamides is 1. The summed E-state index contributed by atoms with van der Waals surface area (Å²) in [6, 6.07) is 22.3. The molecule has 0 radical (unpaired) electrons. The Morgan fingerprint density at radius 3 is 2.16 bits per heavy atom. The second-order valence-electron chi connectivity index (χ2n) is 7.15. The highest BCUT2D eigenvalue weighted by molar-refractivity contribution is 7.92. The molecule has 0 heterocycles. The molecule has 7 heteroatoms. The number of hydrogen-bond acceptors (Lipinski definition) is 4. The van der Waals surface area contributed by atoms with Crippen molar-refractivity contribution in [3.05, 3.63) is 103 Å². The number of nitrogens with zero attached hydrogens (tertiary/aromatic N) is 2. The highest BCUT2D eigenvalue weighted by Gasteiger charge is 2.22. The van der Waals surface area contributed by atoms with Gasteiger partial charge in [-0.1, -0.05) is 36.4 Å². The minimum Gasteiger partial charge on any atom is -0.497 e. The number of hydrogen-bond donors (Lipinski definition) is 0. The van der Waals surface area contributed by atoms with E-state index in [0.29, 0.717) is 24.3 Å². The molecule has 32 heavy (non-hydrogen) atoms. The van der Waals surface area contributed by atoms with Crippen molar-refractivity contribution in [3.8, 4) is 5.75 Å². The predicted octanol–water partition coefficient (Wildman–Crippen LogP) is 4.35. The minimum atomic E-state index is -3.74. The van der Waals surface area contributed by atoms with Crippen LogP contribution in [-0.4, -0.2) is 39.9 Å². The molecule has 0 atom stereocenters. The van der Waals surface area contributed by atoms with Gasteiger partial charge in [0.2, 0.25) is 0 Å². The van der Waals surface area contributed by atoms with Gasteiger partial charge in [0.25, 0.3) is 15.9 Å². The van der Waals surface area contributed by atoms with Crippen molar-refractivity contribution in [2.75, 3.05) is 25.0 Å². The molecule has 0 fully saturated rings. The lowest BCUT2D eigenvalue weighted by Crippen LogP contribution is -2.31. The third kappa shape index (κ3) is 5.18. The molecule has 0 bridgehead atoms. The van der Waals surface area contributed by atoms with Crippen LogP contribution >= 0.6 is 0 Å². The molecule has 0 aliphatic rings. The molecular formula is C25H26N2O4S. The van der Waals surface area contributed by atoms with Gasteiger partial charge < -0.3 is 9.64 Å². The van der Waals surface area contributed by atoms with Gasteiger partial charge in [0, 0.05) is 25.7 Å². The van der Waals surface area contributed by atoms with Gasteiger partial charge >= 0.3 is 0 Å². The summed E-state index contributed by atoms with van der Waals surface area (Å²) in [6.45, 7) is 4.50. The van der Waals surface area contributed by atoms with E-state index in [1.165, 1.54) is 35.6 Å². The van der Waals surface area contributed by atoms with Gasteiger partial charge in [-0.15, -0.1) is 6.58 Å². The van der Waals surface area contributed by atoms with Crippen LogP contribution in [-0.2, 0) is 16.6 Å². The zero-order valence-electron chi connectivity index (χ0n) is 18.1. The Bertz CT molecular complexity index is 1160. The van der Waals surface area contributed by atoms with Crippen LogP contribution in [0.15, 0.2) is 96.4 Å². The molecule has 0 aliphatic heterocycles. The normalized spacial score (nSPS) is 10.9. The van der Waals surface area contributed by atoms with E-state index in [1.54, 1.807) is 42.4 Å². The maximum Gasteiger partial charge on any atom is 0.264 e. The van der Waals surface area contributed by atoms with Crippen LogP contribution < -0.4 is 9.04 Å². The van der Waals surface area contributed by atoms with Gasteiger partial charge in [-0.05, 0) is 54.1 Å². The number of ether oxygens (including phenoxy) is 1. The summed E-state index contributed by atoms with van der Waals surface area (Å²) in [5.74, 6) is 0.536. The Hall–Kier alpha value is -3.58. The van der Waals surface area contributed by atoms with Gasteiger partial charge in [0.05, 0.1) is 17.7 Å². The van der Waals surface area contributed by atoms with Crippen molar-refractivity contribution in [2.45, 2.75) is 11.4 Å². The second-order valence-corrected chi connectivity index (χ2v) is 9.12. The van der Waals surface area contributed by atoms with E-state index in [4.69, 9.17) is 4.74 Å². The van der Waals surface area contributed by atoms with Gasteiger partial charge in [-0.3, -0.25) is 9.10 Å². The molecule has 3 rings (SSSR count). The van der Waals surface area contributed by atoms with Gasteiger partial charge in [0.1, 0.15) is 5.75 Å². The zero-order valence-corrected chi connectivity index (χ0v) is 19.0. The summed E-state index contributed by atoms with van der Waals surface area (Å²) in [5.41, 5.74) is 1.91. The van der Waals surface area contributed by atoms with E-state index in [1.807, 2.05) is 30.3 Å². The van der Waals surface area contributed by atoms with Crippen molar-refractivity contribution in [1.29, 1.82) is 0 Å². The maximum absolute atomic E-state index is 13.1. The van der Waals surface area contributed by atoms with Crippen LogP contribution in [0.1, 0.15) is 15.9 Å². The average molecular weight is 451 g/mol. The number of carbonyl (C=O) groups is 1. The van der Waals surface area contributed by atoms with Crippen molar-refractivity contribution in [3.63, 3.8) is 0 Å². The first kappa shape index (κ1) is 23.1. The third-order valence-corrected chi connectivity index (χ3v) is 6.85. The van der Waals surface area contributed by atoms with Crippen molar-refractivity contribution in [2.24, 2.45) is 0 Å². The van der Waals surface area contributed by atoms with Crippen LogP contribution in [0.4, 0.5) is 5.69 Å². The molecule has 0 spiro atoms. The molecule has 0 aromatic heterocycles. The summed E-state index contributed by atoms with van der Waals surface area (Å²) in [6.07, 6.45) is 1.66. The Morgan fingerprint density at radius 1 is 0.969 bits per heavy atom. The van der Waals surface area contributed by atoms with E-state index in [9.17, 15) is 13.2 Å². The molecule has 0 N–H and O–H groups in total. The average Bonchev–Trinajstić information content (AvgIpc) is 2.84. The molecule has 6 nitrogen and oxygen atoms in total. The monoisotopic (exact) mass is 450 g/mol. The van der Waals surface area contributed by atoms with Gasteiger partial charge in [-0.2, -0.15) is 0 Å². The van der Waals surface area contributed by atoms with Crippen molar-refractivity contribution in [1.82, 2.24) is 4.90 Å². The Balaban J connectivity index is 1.79. The van der Waals surface area contributed by atoms with Crippen LogP contribution in [0, 0.1) is 0 Å². The standard InChI is InChI=1S/C25H26N2O4S/c1-4-18-27(19-20-10-14-23(31-3)15-11-20)25(28)21-12-16-24(17-13-21)32(29,30)26(2)22-8-6-5-7-9-22/h4-17H,1,18-19H2,2-3H3. The number of benzene rings is 3. The van der Waals surface area contributed by atoms with E-state index in [2.05, 4.69) is 6.58 Å². The molecular weight excluding hydrogens is 424 g/mol. The van der Waals surface area contributed by atoms with E-state index >= 15 is 0 Å². The summed E-state index contributed by atoms with van der Waals surface area (Å²) in [7, 11) is -0.634. The van der Waals surface area contributed by atoms with Crippen LogP contribution in [0.5, 0.6) is 5.75 Å². The fraction of sp³-hybridized carbons (Fsp3) is 0.160. The molecule has 0 saturated heterocycles. The van der Waals surface area contributed by atoms with Crippen LogP contribution in [0.3, 0.4) is 0 Å². The van der Waals surface area contributed by atoms with E-state index in [-0.39, 0.29) is 10.8 Å². The van der Waals surface area contributed by atoms with E-state index < -0.39 is 10.0 Å². The molecule has 0 saturated carbocycles. The van der Waals surface area contributed by atoms with Gasteiger partial charge in [-0.25, -0.2) is 8.42 Å². The number of rotatable bonds is 9. The highest BCUT2D eigenvalue weighted by atomic mass is 32.2. The smallest absolute Gasteiger partial charge is 0.264 e. The summed E-state index contributed by atoms with van der Waals surface area (Å²) >= 11 is 0. The first-order valence-corrected chi connectivity index (χ1v) is 11.5. The topological polar surface area (TPSA) is 66.9 Å². The molecule has 3 aromatic rings. The number of amides is 1. The largest absolute Gasteiger partial charge is 0.497 e. The number of anilines is 1. The first-order valence-electron chi connectivity index (χ1n) is 10.0. The summed E-state index contributed by atoms with van der Waals surface area (Å²) < 4.78 is 32.3. The SMILES string of the molecule is C=CCN(Cc1ccc(OC)cc1)C(=O)c1ccc(S(=O)(=O)N(C)c2ccccc2)cc1. The second kappa shape index (κ2) is 10.2. The molecule has 166 valence electrons. The molecule has 0 unspecified atom stereocenters. The molecule has 3 aromatic carbocycles. The lowest BCUT2D eigenvalue weighted by Gasteiger charge is -2.22. The fourth-order valence-corrected chi connectivity index (χ4v) is 4.41. The third-order valence-electron chi connectivity index (χ3n) is 5.05. The minimum absolute atomic E-state index is 0.117. The fourth-order valence-electron chi connectivity index (χ4n) is 3.21. The Morgan fingerprint density at radius 2 is 1.59 bits per heavy atom. The number of methoxy groups -OCH3 is 1. The van der Waals surface area contributed by atoms with Crippen molar-refractivity contribution >= 4 is 21.6 Å². The molecule has 1 amide bonds. The number of para-hydroxylation sites is 1. The Labute approximate surface area is 189 Å². The zero-order chi connectivity index (χ0) is 23.1. The predicted molar refractivity (Wildman–Crippen MR) is 126 cm³/mol. The summed E-state index contributed by atoms with van der Waals surface area (Å²) in [4.78, 5) is 14.8. The Kier molecular flexibility index (Phi) is 7.33. The van der Waals surface area contributed by atoms with Crippen LogP contribution in [0.2, 0.25) is 0 Å². The first-order chi connectivity index (χ1) is 15.4. The van der Waals surface area contributed by atoms with Gasteiger partial charge in [0.15, 0.2) is 0 Å².